The maximum atomic E-state index is 14.1. The molecular formula is C30H36BrN3O6S. The molecule has 1 atom stereocenters. The highest BCUT2D eigenvalue weighted by molar-refractivity contribution is 9.10. The smallest absolute Gasteiger partial charge is 0.264 e. The summed E-state index contributed by atoms with van der Waals surface area (Å²) < 4.78 is 40.7. The van der Waals surface area contributed by atoms with Crippen LogP contribution in [0.2, 0.25) is 0 Å². The molecular weight excluding hydrogens is 610 g/mol. The van der Waals surface area contributed by atoms with Crippen molar-refractivity contribution in [2.24, 2.45) is 5.92 Å². The summed E-state index contributed by atoms with van der Waals surface area (Å²) >= 11 is 3.45. The third-order valence-electron chi connectivity index (χ3n) is 6.36. The van der Waals surface area contributed by atoms with Crippen LogP contribution in [0, 0.1) is 5.92 Å². The highest BCUT2D eigenvalue weighted by Gasteiger charge is 2.34. The van der Waals surface area contributed by atoms with Crippen molar-refractivity contribution in [3.63, 3.8) is 0 Å². The van der Waals surface area contributed by atoms with Gasteiger partial charge in [-0.3, -0.25) is 13.9 Å². The maximum absolute atomic E-state index is 14.1. The van der Waals surface area contributed by atoms with Gasteiger partial charge in [0.25, 0.3) is 10.0 Å². The summed E-state index contributed by atoms with van der Waals surface area (Å²) in [5.41, 5.74) is 0.899. The van der Waals surface area contributed by atoms with Crippen molar-refractivity contribution >= 4 is 43.5 Å². The van der Waals surface area contributed by atoms with Gasteiger partial charge in [0.05, 0.1) is 24.8 Å². The Morgan fingerprint density at radius 1 is 0.927 bits per heavy atom. The molecule has 0 saturated heterocycles. The van der Waals surface area contributed by atoms with E-state index in [1.165, 1.54) is 37.3 Å². The van der Waals surface area contributed by atoms with Crippen LogP contribution in [0.4, 0.5) is 5.69 Å². The van der Waals surface area contributed by atoms with Gasteiger partial charge in [-0.25, -0.2) is 8.42 Å². The quantitative estimate of drug-likeness (QED) is 0.285. The first-order chi connectivity index (χ1) is 19.5. The van der Waals surface area contributed by atoms with Crippen LogP contribution in [0.5, 0.6) is 11.5 Å². The molecule has 0 aliphatic rings. The molecule has 9 nitrogen and oxygen atoms in total. The number of methoxy groups -OCH3 is 2. The second kappa shape index (κ2) is 14.4. The summed E-state index contributed by atoms with van der Waals surface area (Å²) in [5, 5.41) is 2.88. The number of ether oxygens (including phenoxy) is 2. The minimum absolute atomic E-state index is 0.000983. The number of nitrogens with zero attached hydrogens (tertiary/aromatic N) is 2. The minimum Gasteiger partial charge on any atom is -0.497 e. The second-order valence-electron chi connectivity index (χ2n) is 9.83. The number of benzene rings is 3. The first-order valence-electron chi connectivity index (χ1n) is 13.1. The summed E-state index contributed by atoms with van der Waals surface area (Å²) in [6.45, 7) is 5.53. The molecule has 0 saturated carbocycles. The molecule has 11 heteroatoms. The fourth-order valence-electron chi connectivity index (χ4n) is 4.09. The van der Waals surface area contributed by atoms with Crippen LogP contribution in [0.1, 0.15) is 26.3 Å². The van der Waals surface area contributed by atoms with E-state index in [2.05, 4.69) is 21.2 Å². The number of nitrogens with one attached hydrogen (secondary N) is 1. The Morgan fingerprint density at radius 3 is 2.24 bits per heavy atom. The van der Waals surface area contributed by atoms with Gasteiger partial charge in [0.1, 0.15) is 24.1 Å². The highest BCUT2D eigenvalue weighted by Crippen LogP contribution is 2.36. The van der Waals surface area contributed by atoms with Gasteiger partial charge in [0.2, 0.25) is 11.8 Å². The average molecular weight is 647 g/mol. The molecule has 3 aromatic rings. The van der Waals surface area contributed by atoms with Crippen LogP contribution in [-0.4, -0.2) is 58.5 Å². The molecule has 0 fully saturated rings. The third-order valence-corrected chi connectivity index (χ3v) is 8.63. The van der Waals surface area contributed by atoms with E-state index in [4.69, 9.17) is 9.47 Å². The highest BCUT2D eigenvalue weighted by atomic mass is 79.9. The first kappa shape index (κ1) is 32.0. The number of carbonyl (C=O) groups is 2. The molecule has 0 aliphatic carbocycles. The van der Waals surface area contributed by atoms with Crippen LogP contribution in [0.15, 0.2) is 82.2 Å². The SMILES string of the molecule is COc1ccc(OC)c(N(CC(=O)N(Cc2cccc(Br)c2)[C@@H](C)C(=O)NCC(C)C)S(=O)(=O)c2ccccc2)c1. The monoisotopic (exact) mass is 645 g/mol. The van der Waals surface area contributed by atoms with Gasteiger partial charge in [0, 0.05) is 23.6 Å². The summed E-state index contributed by atoms with van der Waals surface area (Å²) in [4.78, 5) is 28.6. The van der Waals surface area contributed by atoms with Gasteiger partial charge in [0.15, 0.2) is 0 Å². The molecule has 3 aromatic carbocycles. The van der Waals surface area contributed by atoms with Crippen molar-refractivity contribution in [3.05, 3.63) is 82.8 Å². The number of amides is 2. The normalized spacial score (nSPS) is 12.0. The Bertz CT molecular complexity index is 1450. The van der Waals surface area contributed by atoms with Gasteiger partial charge in [-0.2, -0.15) is 0 Å². The largest absolute Gasteiger partial charge is 0.497 e. The number of halogens is 1. The van der Waals surface area contributed by atoms with E-state index in [1.807, 2.05) is 38.1 Å². The Morgan fingerprint density at radius 2 is 1.63 bits per heavy atom. The Balaban J connectivity index is 2.09. The summed E-state index contributed by atoms with van der Waals surface area (Å²) in [6, 6.07) is 19.1. The third kappa shape index (κ3) is 8.23. The fourth-order valence-corrected chi connectivity index (χ4v) is 5.98. The van der Waals surface area contributed by atoms with Crippen molar-refractivity contribution in [2.45, 2.75) is 38.3 Å². The lowest BCUT2D eigenvalue weighted by Crippen LogP contribution is -2.51. The molecule has 3 rings (SSSR count). The first-order valence-corrected chi connectivity index (χ1v) is 15.3. The Labute approximate surface area is 250 Å². The standard InChI is InChI=1S/C30H36BrN3O6S/c1-21(2)18-32-30(36)22(3)33(19-23-10-9-11-24(31)16-23)29(35)20-34(41(37,38)26-12-7-6-8-13-26)27-17-25(39-4)14-15-28(27)40-5/h6-17,21-22H,18-20H2,1-5H3,(H,32,36)/t22-/m0/s1. The predicted octanol–water partition coefficient (Wildman–Crippen LogP) is 4.85. The van der Waals surface area contributed by atoms with Crippen LogP contribution in [0.3, 0.4) is 0 Å². The van der Waals surface area contributed by atoms with Crippen molar-refractivity contribution in [2.75, 3.05) is 31.6 Å². The van der Waals surface area contributed by atoms with Crippen molar-refractivity contribution in [1.82, 2.24) is 10.2 Å². The zero-order chi connectivity index (χ0) is 30.2. The van der Waals surface area contributed by atoms with E-state index in [-0.39, 0.29) is 34.7 Å². The second-order valence-corrected chi connectivity index (χ2v) is 12.6. The van der Waals surface area contributed by atoms with Gasteiger partial charge >= 0.3 is 0 Å². The van der Waals surface area contributed by atoms with Crippen LogP contribution < -0.4 is 19.1 Å². The lowest BCUT2D eigenvalue weighted by molar-refractivity contribution is -0.139. The zero-order valence-corrected chi connectivity index (χ0v) is 26.2. The predicted molar refractivity (Wildman–Crippen MR) is 163 cm³/mol. The minimum atomic E-state index is -4.25. The molecule has 220 valence electrons. The Kier molecular flexibility index (Phi) is 11.2. The van der Waals surface area contributed by atoms with Gasteiger partial charge < -0.3 is 19.7 Å². The fraction of sp³-hybridized carbons (Fsp3) is 0.333. The van der Waals surface area contributed by atoms with Crippen LogP contribution >= 0.6 is 15.9 Å². The summed E-state index contributed by atoms with van der Waals surface area (Å²) in [5.74, 6) is -0.0688. The van der Waals surface area contributed by atoms with E-state index in [9.17, 15) is 18.0 Å². The molecule has 0 heterocycles. The van der Waals surface area contributed by atoms with E-state index < -0.39 is 28.5 Å². The van der Waals surface area contributed by atoms with Gasteiger partial charge in [-0.05, 0) is 54.8 Å². The summed E-state index contributed by atoms with van der Waals surface area (Å²) in [6.07, 6.45) is 0. The van der Waals surface area contributed by atoms with E-state index in [0.29, 0.717) is 12.3 Å². The lowest BCUT2D eigenvalue weighted by atomic mass is 10.1. The van der Waals surface area contributed by atoms with Crippen LogP contribution in [0.25, 0.3) is 0 Å². The van der Waals surface area contributed by atoms with Gasteiger partial charge in [-0.1, -0.05) is 60.1 Å². The number of sulfonamides is 1. The molecule has 2 amide bonds. The average Bonchev–Trinajstić information content (AvgIpc) is 2.96. The van der Waals surface area contributed by atoms with E-state index in [1.54, 1.807) is 37.3 Å². The van der Waals surface area contributed by atoms with Gasteiger partial charge in [-0.15, -0.1) is 0 Å². The van der Waals surface area contributed by atoms with Crippen LogP contribution in [-0.2, 0) is 26.2 Å². The summed E-state index contributed by atoms with van der Waals surface area (Å²) in [7, 11) is -1.36. The molecule has 0 radical (unpaired) electrons. The molecule has 0 spiro atoms. The molecule has 0 unspecified atom stereocenters. The molecule has 0 aromatic heterocycles. The van der Waals surface area contributed by atoms with E-state index >= 15 is 0 Å². The number of anilines is 1. The molecule has 1 N–H and O–H groups in total. The van der Waals surface area contributed by atoms with Crippen molar-refractivity contribution in [3.8, 4) is 11.5 Å². The maximum Gasteiger partial charge on any atom is 0.264 e. The number of hydrogen-bond donors (Lipinski definition) is 1. The van der Waals surface area contributed by atoms with E-state index in [0.717, 1.165) is 14.3 Å². The lowest BCUT2D eigenvalue weighted by Gasteiger charge is -2.32. The number of hydrogen-bond acceptors (Lipinski definition) is 6. The topological polar surface area (TPSA) is 105 Å². The Hall–Kier alpha value is -3.57. The number of rotatable bonds is 13. The van der Waals surface area contributed by atoms with Crippen molar-refractivity contribution < 1.29 is 27.5 Å². The molecule has 41 heavy (non-hydrogen) atoms. The molecule has 0 bridgehead atoms. The zero-order valence-electron chi connectivity index (χ0n) is 23.8. The van der Waals surface area contributed by atoms with Crippen molar-refractivity contribution in [1.29, 1.82) is 0 Å². The molecule has 0 aliphatic heterocycles. The number of carbonyl (C=O) groups excluding carboxylic acids is 2.